The zero-order valence-corrected chi connectivity index (χ0v) is 8.73. The predicted molar refractivity (Wildman–Crippen MR) is 56.2 cm³/mol. The molecule has 0 aromatic carbocycles. The zero-order chi connectivity index (χ0) is 10.4. The van der Waals surface area contributed by atoms with Gasteiger partial charge in [-0.1, -0.05) is 0 Å². The fourth-order valence-electron chi connectivity index (χ4n) is 0.989. The van der Waals surface area contributed by atoms with E-state index in [4.69, 9.17) is 10.5 Å². The van der Waals surface area contributed by atoms with Gasteiger partial charge in [0.05, 0.1) is 0 Å². The average molecular weight is 195 g/mol. The van der Waals surface area contributed by atoms with Gasteiger partial charge in [0.15, 0.2) is 0 Å². The van der Waals surface area contributed by atoms with Crippen LogP contribution in [0.25, 0.3) is 0 Å². The SMILES string of the molecule is CN(C)CCOc1cc(CN)ccn1. The molecule has 0 unspecified atom stereocenters. The lowest BCUT2D eigenvalue weighted by molar-refractivity contribution is 0.253. The third-order valence-corrected chi connectivity index (χ3v) is 1.82. The van der Waals surface area contributed by atoms with Crippen molar-refractivity contribution in [2.45, 2.75) is 6.54 Å². The topological polar surface area (TPSA) is 51.4 Å². The largest absolute Gasteiger partial charge is 0.476 e. The molecule has 1 aromatic rings. The van der Waals surface area contributed by atoms with Gasteiger partial charge >= 0.3 is 0 Å². The van der Waals surface area contributed by atoms with E-state index >= 15 is 0 Å². The second kappa shape index (κ2) is 5.57. The lowest BCUT2D eigenvalue weighted by Gasteiger charge is -2.10. The van der Waals surface area contributed by atoms with Crippen LogP contribution in [0.15, 0.2) is 18.3 Å². The maximum atomic E-state index is 5.50. The van der Waals surface area contributed by atoms with Crippen LogP contribution < -0.4 is 10.5 Å². The van der Waals surface area contributed by atoms with E-state index in [9.17, 15) is 0 Å². The Bertz CT molecular complexity index is 276. The van der Waals surface area contributed by atoms with E-state index in [-0.39, 0.29) is 0 Å². The van der Waals surface area contributed by atoms with Crippen LogP contribution in [0, 0.1) is 0 Å². The van der Waals surface area contributed by atoms with Crippen LogP contribution in [0.5, 0.6) is 5.88 Å². The number of likely N-dealkylation sites (N-methyl/N-ethyl adjacent to an activating group) is 1. The Kier molecular flexibility index (Phi) is 4.35. The number of nitrogens with zero attached hydrogens (tertiary/aromatic N) is 2. The standard InChI is InChI=1S/C10H17N3O/c1-13(2)5-6-14-10-7-9(8-11)3-4-12-10/h3-4,7H,5-6,8,11H2,1-2H3. The highest BCUT2D eigenvalue weighted by Crippen LogP contribution is 2.08. The molecule has 4 nitrogen and oxygen atoms in total. The summed E-state index contributed by atoms with van der Waals surface area (Å²) in [5.41, 5.74) is 6.55. The predicted octanol–water partition coefficient (Wildman–Crippen LogP) is 0.481. The van der Waals surface area contributed by atoms with Gasteiger partial charge in [0.25, 0.3) is 0 Å². The van der Waals surface area contributed by atoms with Gasteiger partial charge in [0.2, 0.25) is 5.88 Å². The molecule has 1 heterocycles. The second-order valence-corrected chi connectivity index (χ2v) is 3.36. The Hall–Kier alpha value is -1.13. The van der Waals surface area contributed by atoms with Gasteiger partial charge in [-0.2, -0.15) is 0 Å². The number of nitrogens with two attached hydrogens (primary N) is 1. The van der Waals surface area contributed by atoms with Gasteiger partial charge in [-0.25, -0.2) is 4.98 Å². The molecular weight excluding hydrogens is 178 g/mol. The number of aromatic nitrogens is 1. The molecule has 0 aliphatic carbocycles. The molecule has 0 aliphatic heterocycles. The van der Waals surface area contributed by atoms with E-state index in [1.807, 2.05) is 26.2 Å². The van der Waals surface area contributed by atoms with Crippen LogP contribution in [0.1, 0.15) is 5.56 Å². The Morgan fingerprint density at radius 3 is 2.93 bits per heavy atom. The van der Waals surface area contributed by atoms with Gasteiger partial charge in [0.1, 0.15) is 6.61 Å². The van der Waals surface area contributed by atoms with Gasteiger partial charge in [0, 0.05) is 25.4 Å². The van der Waals surface area contributed by atoms with Gasteiger partial charge < -0.3 is 15.4 Å². The molecule has 4 heteroatoms. The Balaban J connectivity index is 2.42. The molecule has 1 aromatic heterocycles. The lowest BCUT2D eigenvalue weighted by atomic mass is 10.3. The smallest absolute Gasteiger partial charge is 0.213 e. The van der Waals surface area contributed by atoms with E-state index in [1.165, 1.54) is 0 Å². The highest BCUT2D eigenvalue weighted by Gasteiger charge is 1.97. The normalized spacial score (nSPS) is 10.6. The minimum absolute atomic E-state index is 0.520. The third kappa shape index (κ3) is 3.72. The lowest BCUT2D eigenvalue weighted by Crippen LogP contribution is -2.19. The Morgan fingerprint density at radius 1 is 1.50 bits per heavy atom. The molecule has 0 amide bonds. The Labute approximate surface area is 84.7 Å². The maximum Gasteiger partial charge on any atom is 0.213 e. The first-order valence-electron chi connectivity index (χ1n) is 4.65. The highest BCUT2D eigenvalue weighted by atomic mass is 16.5. The van der Waals surface area contributed by atoms with Crippen LogP contribution in [-0.2, 0) is 6.54 Å². The van der Waals surface area contributed by atoms with Crippen molar-refractivity contribution in [3.8, 4) is 5.88 Å². The van der Waals surface area contributed by atoms with Crippen LogP contribution >= 0.6 is 0 Å². The molecule has 2 N–H and O–H groups in total. The quantitative estimate of drug-likeness (QED) is 0.742. The summed E-state index contributed by atoms with van der Waals surface area (Å²) >= 11 is 0. The van der Waals surface area contributed by atoms with Crippen molar-refractivity contribution >= 4 is 0 Å². The number of hydrogen-bond donors (Lipinski definition) is 1. The highest BCUT2D eigenvalue weighted by molar-refractivity contribution is 5.19. The Morgan fingerprint density at radius 2 is 2.29 bits per heavy atom. The maximum absolute atomic E-state index is 5.50. The molecule has 0 aliphatic rings. The van der Waals surface area contributed by atoms with E-state index < -0.39 is 0 Å². The fourth-order valence-corrected chi connectivity index (χ4v) is 0.989. The molecule has 0 saturated heterocycles. The first-order valence-corrected chi connectivity index (χ1v) is 4.65. The monoisotopic (exact) mass is 195 g/mol. The van der Waals surface area contributed by atoms with Crippen LogP contribution in [0.3, 0.4) is 0 Å². The molecule has 0 saturated carbocycles. The van der Waals surface area contributed by atoms with Crippen LogP contribution in [-0.4, -0.2) is 37.1 Å². The summed E-state index contributed by atoms with van der Waals surface area (Å²) in [6.07, 6.45) is 1.72. The molecule has 0 atom stereocenters. The average Bonchev–Trinajstić information content (AvgIpc) is 2.18. The number of pyridine rings is 1. The summed E-state index contributed by atoms with van der Waals surface area (Å²) < 4.78 is 5.45. The summed E-state index contributed by atoms with van der Waals surface area (Å²) in [4.78, 5) is 6.15. The van der Waals surface area contributed by atoms with Crippen molar-refractivity contribution in [1.29, 1.82) is 0 Å². The van der Waals surface area contributed by atoms with Crippen molar-refractivity contribution in [3.05, 3.63) is 23.9 Å². The van der Waals surface area contributed by atoms with Crippen LogP contribution in [0.4, 0.5) is 0 Å². The minimum atomic E-state index is 0.520. The zero-order valence-electron chi connectivity index (χ0n) is 8.73. The summed E-state index contributed by atoms with van der Waals surface area (Å²) in [6, 6.07) is 3.76. The second-order valence-electron chi connectivity index (χ2n) is 3.36. The molecule has 0 radical (unpaired) electrons. The summed E-state index contributed by atoms with van der Waals surface area (Å²) in [7, 11) is 4.01. The first kappa shape index (κ1) is 10.9. The van der Waals surface area contributed by atoms with Gasteiger partial charge in [-0.05, 0) is 25.7 Å². The minimum Gasteiger partial charge on any atom is -0.476 e. The van der Waals surface area contributed by atoms with Gasteiger partial charge in [-0.15, -0.1) is 0 Å². The van der Waals surface area contributed by atoms with Crippen LogP contribution in [0.2, 0.25) is 0 Å². The number of hydrogen-bond acceptors (Lipinski definition) is 4. The summed E-state index contributed by atoms with van der Waals surface area (Å²) in [6.45, 7) is 2.05. The molecule has 0 spiro atoms. The van der Waals surface area contributed by atoms with Crippen molar-refractivity contribution < 1.29 is 4.74 Å². The molecular formula is C10H17N3O. The van der Waals surface area contributed by atoms with Gasteiger partial charge in [-0.3, -0.25) is 0 Å². The molecule has 14 heavy (non-hydrogen) atoms. The molecule has 78 valence electrons. The summed E-state index contributed by atoms with van der Waals surface area (Å²) in [5.74, 6) is 0.648. The van der Waals surface area contributed by atoms with Crippen molar-refractivity contribution in [1.82, 2.24) is 9.88 Å². The first-order chi connectivity index (χ1) is 6.72. The molecule has 1 rings (SSSR count). The summed E-state index contributed by atoms with van der Waals surface area (Å²) in [5, 5.41) is 0. The number of ether oxygens (including phenoxy) is 1. The number of rotatable bonds is 5. The molecule has 0 bridgehead atoms. The van der Waals surface area contributed by atoms with E-state index in [2.05, 4.69) is 9.88 Å². The fraction of sp³-hybridized carbons (Fsp3) is 0.500. The van der Waals surface area contributed by atoms with E-state index in [1.54, 1.807) is 6.20 Å². The third-order valence-electron chi connectivity index (χ3n) is 1.82. The van der Waals surface area contributed by atoms with E-state index in [0.717, 1.165) is 12.1 Å². The van der Waals surface area contributed by atoms with E-state index in [0.29, 0.717) is 19.0 Å². The van der Waals surface area contributed by atoms with Crippen molar-refractivity contribution in [2.75, 3.05) is 27.2 Å². The molecule has 0 fully saturated rings. The van der Waals surface area contributed by atoms with Crippen molar-refractivity contribution in [3.63, 3.8) is 0 Å². The van der Waals surface area contributed by atoms with Crippen molar-refractivity contribution in [2.24, 2.45) is 5.73 Å².